The number of rotatable bonds is 2. The summed E-state index contributed by atoms with van der Waals surface area (Å²) in [5.41, 5.74) is 0. The summed E-state index contributed by atoms with van der Waals surface area (Å²) >= 11 is 2.29. The van der Waals surface area contributed by atoms with Crippen LogP contribution >= 0.6 is 22.6 Å². The lowest BCUT2D eigenvalue weighted by atomic mass is 10.2. The van der Waals surface area contributed by atoms with Crippen LogP contribution in [0.2, 0.25) is 0 Å². The van der Waals surface area contributed by atoms with E-state index in [-0.39, 0.29) is 0 Å². The maximum atomic E-state index is 5.46. The smallest absolute Gasteiger partial charge is 0.221 e. The topological polar surface area (TPSA) is 22.1 Å². The van der Waals surface area contributed by atoms with Crippen LogP contribution in [-0.2, 0) is 0 Å². The van der Waals surface area contributed by atoms with E-state index < -0.39 is 0 Å². The summed E-state index contributed by atoms with van der Waals surface area (Å²) in [6.07, 6.45) is 1.84. The highest BCUT2D eigenvalue weighted by molar-refractivity contribution is 14.1. The molecule has 0 spiro atoms. The minimum atomic E-state index is 0.650. The van der Waals surface area contributed by atoms with Gasteiger partial charge in [0.05, 0.1) is 6.61 Å². The molecule has 0 fully saturated rings. The minimum absolute atomic E-state index is 0.650. The predicted molar refractivity (Wildman–Crippen MR) is 65.6 cm³/mol. The van der Waals surface area contributed by atoms with Crippen LogP contribution in [0.5, 0.6) is 5.88 Å². The molecule has 1 aromatic heterocycles. The van der Waals surface area contributed by atoms with Crippen molar-refractivity contribution in [1.29, 1.82) is 0 Å². The fourth-order valence-corrected chi connectivity index (χ4v) is 1.99. The van der Waals surface area contributed by atoms with E-state index in [1.165, 1.54) is 5.39 Å². The molecule has 0 aliphatic carbocycles. The van der Waals surface area contributed by atoms with Crippen LogP contribution in [0, 0.1) is 3.57 Å². The molecule has 0 aliphatic rings. The van der Waals surface area contributed by atoms with Gasteiger partial charge in [-0.3, -0.25) is 0 Å². The second-order valence-electron chi connectivity index (χ2n) is 2.89. The third-order valence-corrected chi connectivity index (χ3v) is 2.85. The number of ether oxygens (including phenoxy) is 1. The van der Waals surface area contributed by atoms with Crippen molar-refractivity contribution in [3.05, 3.63) is 34.0 Å². The second-order valence-corrected chi connectivity index (χ2v) is 4.05. The van der Waals surface area contributed by atoms with E-state index in [2.05, 4.69) is 33.6 Å². The highest BCUT2D eigenvalue weighted by Gasteiger charge is 2.04. The van der Waals surface area contributed by atoms with Crippen LogP contribution in [0.15, 0.2) is 30.5 Å². The Morgan fingerprint density at radius 2 is 2.00 bits per heavy atom. The van der Waals surface area contributed by atoms with E-state index in [4.69, 9.17) is 4.74 Å². The van der Waals surface area contributed by atoms with Gasteiger partial charge in [0.1, 0.15) is 0 Å². The lowest BCUT2D eigenvalue weighted by molar-refractivity contribution is 0.331. The van der Waals surface area contributed by atoms with E-state index >= 15 is 0 Å². The van der Waals surface area contributed by atoms with Crippen LogP contribution in [0.1, 0.15) is 6.92 Å². The molecule has 2 nitrogen and oxygen atoms in total. The first-order valence-electron chi connectivity index (χ1n) is 4.49. The molecular weight excluding hydrogens is 289 g/mol. The Morgan fingerprint density at radius 1 is 1.29 bits per heavy atom. The van der Waals surface area contributed by atoms with Crippen LogP contribution in [-0.4, -0.2) is 11.6 Å². The van der Waals surface area contributed by atoms with Crippen LogP contribution in [0.25, 0.3) is 10.8 Å². The van der Waals surface area contributed by atoms with E-state index in [1.54, 1.807) is 0 Å². The normalized spacial score (nSPS) is 10.4. The average molecular weight is 299 g/mol. The number of hydrogen-bond donors (Lipinski definition) is 0. The van der Waals surface area contributed by atoms with Crippen LogP contribution in [0.4, 0.5) is 0 Å². The zero-order valence-electron chi connectivity index (χ0n) is 7.83. The third kappa shape index (κ3) is 1.68. The summed E-state index contributed by atoms with van der Waals surface area (Å²) in [4.78, 5) is 4.27. The summed E-state index contributed by atoms with van der Waals surface area (Å²) in [5.74, 6) is 0.725. The molecule has 0 aliphatic heterocycles. The number of halogens is 1. The van der Waals surface area contributed by atoms with Crippen molar-refractivity contribution in [2.45, 2.75) is 6.92 Å². The van der Waals surface area contributed by atoms with Crippen molar-refractivity contribution in [3.63, 3.8) is 0 Å². The zero-order valence-corrected chi connectivity index (χ0v) is 9.98. The first-order valence-corrected chi connectivity index (χ1v) is 5.57. The Kier molecular flexibility index (Phi) is 2.86. The van der Waals surface area contributed by atoms with E-state index in [9.17, 15) is 0 Å². The van der Waals surface area contributed by atoms with Crippen molar-refractivity contribution in [2.24, 2.45) is 0 Å². The predicted octanol–water partition coefficient (Wildman–Crippen LogP) is 3.24. The maximum Gasteiger partial charge on any atom is 0.221 e. The molecule has 0 amide bonds. The molecule has 2 rings (SSSR count). The number of hydrogen-bond acceptors (Lipinski definition) is 2. The molecule has 0 bridgehead atoms. The van der Waals surface area contributed by atoms with Gasteiger partial charge < -0.3 is 4.74 Å². The summed E-state index contributed by atoms with van der Waals surface area (Å²) < 4.78 is 6.61. The first kappa shape index (κ1) is 9.71. The van der Waals surface area contributed by atoms with Gasteiger partial charge in [0.25, 0.3) is 0 Å². The van der Waals surface area contributed by atoms with Crippen molar-refractivity contribution >= 4 is 33.4 Å². The Morgan fingerprint density at radius 3 is 2.71 bits per heavy atom. The van der Waals surface area contributed by atoms with Gasteiger partial charge in [-0.05, 0) is 35.6 Å². The van der Waals surface area contributed by atoms with E-state index in [0.717, 1.165) is 14.8 Å². The number of pyridine rings is 1. The fraction of sp³-hybridized carbons (Fsp3) is 0.182. The van der Waals surface area contributed by atoms with Gasteiger partial charge in [0, 0.05) is 20.5 Å². The van der Waals surface area contributed by atoms with Crippen molar-refractivity contribution in [3.8, 4) is 5.88 Å². The molecule has 0 saturated heterocycles. The number of nitrogens with zero attached hydrogens (tertiary/aromatic N) is 1. The van der Waals surface area contributed by atoms with Gasteiger partial charge in [-0.15, -0.1) is 0 Å². The Hall–Kier alpha value is -0.840. The van der Waals surface area contributed by atoms with Crippen molar-refractivity contribution < 1.29 is 4.74 Å². The molecule has 1 heterocycles. The van der Waals surface area contributed by atoms with E-state index in [0.29, 0.717) is 6.61 Å². The first-order chi connectivity index (χ1) is 6.83. The van der Waals surface area contributed by atoms with Gasteiger partial charge in [-0.2, -0.15) is 0 Å². The largest absolute Gasteiger partial charge is 0.478 e. The molecule has 0 saturated carbocycles. The highest BCUT2D eigenvalue weighted by Crippen LogP contribution is 2.26. The minimum Gasteiger partial charge on any atom is -0.478 e. The summed E-state index contributed by atoms with van der Waals surface area (Å²) in [7, 11) is 0. The standard InChI is InChI=1S/C11H10INO/c1-2-14-11-9-6-4-3-5-8(9)10(12)7-13-11/h3-7H,2H2,1H3. The lowest BCUT2D eigenvalue weighted by Gasteiger charge is -2.06. The molecule has 0 atom stereocenters. The summed E-state index contributed by atoms with van der Waals surface area (Å²) in [6, 6.07) is 8.15. The van der Waals surface area contributed by atoms with Crippen LogP contribution in [0.3, 0.4) is 0 Å². The average Bonchev–Trinajstić information content (AvgIpc) is 2.23. The van der Waals surface area contributed by atoms with Gasteiger partial charge in [0.15, 0.2) is 0 Å². The Balaban J connectivity index is 2.68. The second kappa shape index (κ2) is 4.13. The van der Waals surface area contributed by atoms with Gasteiger partial charge in [-0.25, -0.2) is 4.98 Å². The van der Waals surface area contributed by atoms with Gasteiger partial charge in [-0.1, -0.05) is 18.2 Å². The third-order valence-electron chi connectivity index (χ3n) is 1.99. The zero-order chi connectivity index (χ0) is 9.97. The molecule has 0 radical (unpaired) electrons. The molecule has 72 valence electrons. The van der Waals surface area contributed by atoms with Crippen LogP contribution < -0.4 is 4.74 Å². The van der Waals surface area contributed by atoms with Gasteiger partial charge >= 0.3 is 0 Å². The Bertz CT molecular complexity index is 456. The number of fused-ring (bicyclic) bond motifs is 1. The monoisotopic (exact) mass is 299 g/mol. The quantitative estimate of drug-likeness (QED) is 0.794. The molecule has 0 unspecified atom stereocenters. The molecule has 0 N–H and O–H groups in total. The van der Waals surface area contributed by atoms with Gasteiger partial charge in [0.2, 0.25) is 5.88 Å². The summed E-state index contributed by atoms with van der Waals surface area (Å²) in [6.45, 7) is 2.62. The number of benzene rings is 1. The SMILES string of the molecule is CCOc1ncc(I)c2ccccc12. The van der Waals surface area contributed by atoms with Crippen molar-refractivity contribution in [2.75, 3.05) is 6.61 Å². The highest BCUT2D eigenvalue weighted by atomic mass is 127. The maximum absolute atomic E-state index is 5.46. The van der Waals surface area contributed by atoms with E-state index in [1.807, 2.05) is 31.3 Å². The number of aromatic nitrogens is 1. The Labute approximate surface area is 96.4 Å². The molecule has 1 aromatic carbocycles. The molecular formula is C11H10INO. The molecule has 2 aromatic rings. The lowest BCUT2D eigenvalue weighted by Crippen LogP contribution is -1.95. The summed E-state index contributed by atoms with van der Waals surface area (Å²) in [5, 5.41) is 2.28. The molecule has 14 heavy (non-hydrogen) atoms. The van der Waals surface area contributed by atoms with Crippen molar-refractivity contribution in [1.82, 2.24) is 4.98 Å². The fourth-order valence-electron chi connectivity index (χ4n) is 1.38. The molecule has 3 heteroatoms.